The van der Waals surface area contributed by atoms with Crippen LogP contribution < -0.4 is 5.73 Å². The Morgan fingerprint density at radius 3 is 2.46 bits per heavy atom. The van der Waals surface area contributed by atoms with Gasteiger partial charge in [0, 0.05) is 11.6 Å². The van der Waals surface area contributed by atoms with Gasteiger partial charge in [-0.05, 0) is 18.4 Å². The number of rotatable bonds is 3. The summed E-state index contributed by atoms with van der Waals surface area (Å²) in [5, 5.41) is 9.51. The summed E-state index contributed by atoms with van der Waals surface area (Å²) in [5.74, 6) is 0.852. The highest BCUT2D eigenvalue weighted by Gasteiger charge is 2.11. The van der Waals surface area contributed by atoms with Gasteiger partial charge in [0.2, 0.25) is 0 Å². The maximum absolute atomic E-state index is 9.51. The Hall–Kier alpha value is -1.02. The van der Waals surface area contributed by atoms with Crippen molar-refractivity contribution in [1.29, 1.82) is 0 Å². The van der Waals surface area contributed by atoms with Crippen LogP contribution in [-0.2, 0) is 0 Å². The fraction of sp³-hybridized carbons (Fsp3) is 0.455. The van der Waals surface area contributed by atoms with Crippen LogP contribution in [-0.4, -0.2) is 5.11 Å². The third-order valence-corrected chi connectivity index (χ3v) is 2.06. The maximum atomic E-state index is 9.51. The van der Waals surface area contributed by atoms with E-state index < -0.39 is 0 Å². The van der Waals surface area contributed by atoms with Gasteiger partial charge < -0.3 is 10.8 Å². The first-order valence-corrected chi connectivity index (χ1v) is 4.64. The molecule has 13 heavy (non-hydrogen) atoms. The maximum Gasteiger partial charge on any atom is 0.120 e. The minimum atomic E-state index is -0.0544. The lowest BCUT2D eigenvalue weighted by Gasteiger charge is -2.15. The third-order valence-electron chi connectivity index (χ3n) is 2.06. The molecule has 2 nitrogen and oxygen atoms in total. The van der Waals surface area contributed by atoms with Crippen LogP contribution >= 0.6 is 0 Å². The lowest BCUT2D eigenvalue weighted by Crippen LogP contribution is -2.12. The number of phenolic OH excluding ortho intramolecular Hbond substituents is 1. The summed E-state index contributed by atoms with van der Waals surface area (Å²) >= 11 is 0. The molecule has 0 aliphatic carbocycles. The van der Waals surface area contributed by atoms with Gasteiger partial charge in [-0.1, -0.05) is 32.0 Å². The molecule has 0 radical (unpaired) electrons. The van der Waals surface area contributed by atoms with E-state index in [-0.39, 0.29) is 6.04 Å². The molecule has 0 aromatic heterocycles. The second-order valence-corrected chi connectivity index (χ2v) is 3.79. The van der Waals surface area contributed by atoms with Crippen LogP contribution in [0.4, 0.5) is 0 Å². The molecule has 0 bridgehead atoms. The largest absolute Gasteiger partial charge is 0.508 e. The van der Waals surface area contributed by atoms with Crippen molar-refractivity contribution < 1.29 is 5.11 Å². The molecule has 72 valence electrons. The van der Waals surface area contributed by atoms with Gasteiger partial charge in [-0.25, -0.2) is 0 Å². The van der Waals surface area contributed by atoms with Crippen LogP contribution in [0.3, 0.4) is 0 Å². The second-order valence-electron chi connectivity index (χ2n) is 3.79. The zero-order chi connectivity index (χ0) is 9.84. The Labute approximate surface area is 79.4 Å². The van der Waals surface area contributed by atoms with Crippen molar-refractivity contribution in [2.45, 2.75) is 26.3 Å². The molecule has 1 atom stereocenters. The Kier molecular flexibility index (Phi) is 3.32. The number of benzene rings is 1. The SMILES string of the molecule is CC(C)C[C@H](N)c1ccccc1O. The number of hydrogen-bond donors (Lipinski definition) is 2. The molecule has 0 aliphatic heterocycles. The summed E-state index contributed by atoms with van der Waals surface area (Å²) in [6.07, 6.45) is 0.900. The van der Waals surface area contributed by atoms with Crippen molar-refractivity contribution in [3.05, 3.63) is 29.8 Å². The van der Waals surface area contributed by atoms with Crippen LogP contribution in [0.15, 0.2) is 24.3 Å². The Balaban J connectivity index is 2.76. The van der Waals surface area contributed by atoms with Crippen LogP contribution in [0.1, 0.15) is 31.9 Å². The lowest BCUT2D eigenvalue weighted by molar-refractivity contribution is 0.445. The van der Waals surface area contributed by atoms with Gasteiger partial charge in [0.15, 0.2) is 0 Å². The van der Waals surface area contributed by atoms with E-state index in [1.165, 1.54) is 0 Å². The first kappa shape index (κ1) is 10.1. The van der Waals surface area contributed by atoms with Crippen LogP contribution in [0.5, 0.6) is 5.75 Å². The molecule has 0 fully saturated rings. The molecule has 0 aliphatic rings. The van der Waals surface area contributed by atoms with Gasteiger partial charge >= 0.3 is 0 Å². The molecule has 1 rings (SSSR count). The summed E-state index contributed by atoms with van der Waals surface area (Å²) in [5.41, 5.74) is 6.78. The van der Waals surface area contributed by atoms with E-state index >= 15 is 0 Å². The predicted octanol–water partition coefficient (Wildman–Crippen LogP) is 2.44. The van der Waals surface area contributed by atoms with Crippen LogP contribution in [0.2, 0.25) is 0 Å². The topological polar surface area (TPSA) is 46.2 Å². The number of hydrogen-bond acceptors (Lipinski definition) is 2. The van der Waals surface area contributed by atoms with E-state index in [2.05, 4.69) is 13.8 Å². The molecule has 0 spiro atoms. The zero-order valence-corrected chi connectivity index (χ0v) is 8.20. The van der Waals surface area contributed by atoms with Crippen molar-refractivity contribution in [2.24, 2.45) is 11.7 Å². The highest BCUT2D eigenvalue weighted by molar-refractivity contribution is 5.34. The van der Waals surface area contributed by atoms with Gasteiger partial charge in [0.25, 0.3) is 0 Å². The van der Waals surface area contributed by atoms with Crippen molar-refractivity contribution in [1.82, 2.24) is 0 Å². The molecule has 0 saturated carbocycles. The molecule has 0 saturated heterocycles. The van der Waals surface area contributed by atoms with Crippen molar-refractivity contribution >= 4 is 0 Å². The average molecular weight is 179 g/mol. The summed E-state index contributed by atoms with van der Waals surface area (Å²) in [6.45, 7) is 4.25. The van der Waals surface area contributed by atoms with Crippen molar-refractivity contribution in [3.8, 4) is 5.75 Å². The standard InChI is InChI=1S/C11H17NO/c1-8(2)7-10(12)9-5-3-4-6-11(9)13/h3-6,8,10,13H,7,12H2,1-2H3/t10-/m0/s1. The van der Waals surface area contributed by atoms with Crippen LogP contribution in [0, 0.1) is 5.92 Å². The van der Waals surface area contributed by atoms with E-state index in [1.807, 2.05) is 12.1 Å². The summed E-state index contributed by atoms with van der Waals surface area (Å²) in [7, 11) is 0. The summed E-state index contributed by atoms with van der Waals surface area (Å²) in [4.78, 5) is 0. The molecular formula is C11H17NO. The highest BCUT2D eigenvalue weighted by Crippen LogP contribution is 2.26. The molecular weight excluding hydrogens is 162 g/mol. The molecule has 2 heteroatoms. The minimum absolute atomic E-state index is 0.0544. The number of nitrogens with two attached hydrogens (primary N) is 1. The summed E-state index contributed by atoms with van der Waals surface area (Å²) in [6, 6.07) is 7.20. The minimum Gasteiger partial charge on any atom is -0.508 e. The Bertz CT molecular complexity index is 271. The molecule has 0 unspecified atom stereocenters. The van der Waals surface area contributed by atoms with E-state index in [0.717, 1.165) is 12.0 Å². The fourth-order valence-electron chi connectivity index (χ4n) is 1.44. The zero-order valence-electron chi connectivity index (χ0n) is 8.20. The number of phenols is 1. The molecule has 0 amide bonds. The van der Waals surface area contributed by atoms with Gasteiger partial charge in [-0.3, -0.25) is 0 Å². The van der Waals surface area contributed by atoms with E-state index in [9.17, 15) is 5.11 Å². The van der Waals surface area contributed by atoms with Gasteiger partial charge in [0.1, 0.15) is 5.75 Å². The average Bonchev–Trinajstić information content (AvgIpc) is 2.03. The highest BCUT2D eigenvalue weighted by atomic mass is 16.3. The Morgan fingerprint density at radius 1 is 1.31 bits per heavy atom. The van der Waals surface area contributed by atoms with E-state index in [4.69, 9.17) is 5.73 Å². The van der Waals surface area contributed by atoms with Crippen molar-refractivity contribution in [3.63, 3.8) is 0 Å². The molecule has 3 N–H and O–H groups in total. The molecule has 1 aromatic rings. The number of para-hydroxylation sites is 1. The van der Waals surface area contributed by atoms with Gasteiger partial charge in [-0.15, -0.1) is 0 Å². The van der Waals surface area contributed by atoms with Crippen molar-refractivity contribution in [2.75, 3.05) is 0 Å². The van der Waals surface area contributed by atoms with E-state index in [1.54, 1.807) is 12.1 Å². The second kappa shape index (κ2) is 4.28. The number of aromatic hydroxyl groups is 1. The van der Waals surface area contributed by atoms with Gasteiger partial charge in [0.05, 0.1) is 0 Å². The molecule has 0 heterocycles. The fourth-order valence-corrected chi connectivity index (χ4v) is 1.44. The monoisotopic (exact) mass is 179 g/mol. The first-order chi connectivity index (χ1) is 6.11. The molecule has 1 aromatic carbocycles. The van der Waals surface area contributed by atoms with Crippen LogP contribution in [0.25, 0.3) is 0 Å². The quantitative estimate of drug-likeness (QED) is 0.748. The summed E-state index contributed by atoms with van der Waals surface area (Å²) < 4.78 is 0. The normalized spacial score (nSPS) is 13.2. The first-order valence-electron chi connectivity index (χ1n) is 4.64. The predicted molar refractivity (Wildman–Crippen MR) is 54.5 cm³/mol. The smallest absolute Gasteiger partial charge is 0.120 e. The van der Waals surface area contributed by atoms with E-state index in [0.29, 0.717) is 11.7 Å². The lowest BCUT2D eigenvalue weighted by atomic mass is 9.97. The van der Waals surface area contributed by atoms with Gasteiger partial charge in [-0.2, -0.15) is 0 Å². The Morgan fingerprint density at radius 2 is 1.92 bits per heavy atom. The third kappa shape index (κ3) is 2.74.